The number of amides is 1. The predicted octanol–water partition coefficient (Wildman–Crippen LogP) is 3.01. The van der Waals surface area contributed by atoms with Crippen LogP contribution in [0.4, 0.5) is 5.69 Å². The second-order valence-corrected chi connectivity index (χ2v) is 5.75. The number of rotatable bonds is 7. The number of carbonyl (C=O) groups excluding carboxylic acids is 3. The number of hydrogen-bond donors (Lipinski definition) is 1. The number of hydrogen-bond acceptors (Lipinski definition) is 5. The number of para-hydroxylation sites is 1. The zero-order valence-electron chi connectivity index (χ0n) is 14.9. The van der Waals surface area contributed by atoms with E-state index in [0.717, 1.165) is 0 Å². The van der Waals surface area contributed by atoms with Gasteiger partial charge in [0.15, 0.2) is 11.9 Å². The van der Waals surface area contributed by atoms with Gasteiger partial charge in [0, 0.05) is 16.8 Å². The zero-order valence-corrected chi connectivity index (χ0v) is 14.9. The van der Waals surface area contributed by atoms with Gasteiger partial charge in [-0.05, 0) is 44.2 Å². The van der Waals surface area contributed by atoms with Crippen molar-refractivity contribution < 1.29 is 23.9 Å². The molecule has 6 heteroatoms. The number of ether oxygens (including phenoxy) is 2. The van der Waals surface area contributed by atoms with Gasteiger partial charge in [0.25, 0.3) is 5.91 Å². The Hall–Kier alpha value is -3.15. The molecular formula is C20H21NO5. The van der Waals surface area contributed by atoms with E-state index in [9.17, 15) is 14.4 Å². The molecule has 26 heavy (non-hydrogen) atoms. The van der Waals surface area contributed by atoms with Gasteiger partial charge < -0.3 is 14.8 Å². The number of carbonyl (C=O) groups is 3. The third-order valence-electron chi connectivity index (χ3n) is 3.74. The van der Waals surface area contributed by atoms with E-state index in [0.29, 0.717) is 22.6 Å². The fourth-order valence-electron chi connectivity index (χ4n) is 2.35. The molecule has 0 aliphatic heterocycles. The van der Waals surface area contributed by atoms with Gasteiger partial charge in [-0.15, -0.1) is 0 Å². The third-order valence-corrected chi connectivity index (χ3v) is 3.74. The van der Waals surface area contributed by atoms with Crippen LogP contribution in [0.5, 0.6) is 5.75 Å². The molecule has 0 saturated carbocycles. The zero-order chi connectivity index (χ0) is 19.1. The van der Waals surface area contributed by atoms with E-state index in [2.05, 4.69) is 5.32 Å². The second kappa shape index (κ2) is 8.80. The SMILES string of the molecule is COc1ccc(C(C)=O)cc1CC(=O)O[C@H](C)C(=O)Nc1ccccc1. The average molecular weight is 355 g/mol. The molecule has 0 radical (unpaired) electrons. The van der Waals surface area contributed by atoms with Gasteiger partial charge in [0.1, 0.15) is 5.75 Å². The van der Waals surface area contributed by atoms with Crippen molar-refractivity contribution in [3.8, 4) is 5.75 Å². The highest BCUT2D eigenvalue weighted by Gasteiger charge is 2.19. The van der Waals surface area contributed by atoms with Gasteiger partial charge in [-0.25, -0.2) is 0 Å². The Morgan fingerprint density at radius 1 is 1.08 bits per heavy atom. The Labute approximate surface area is 152 Å². The first-order chi connectivity index (χ1) is 12.4. The summed E-state index contributed by atoms with van der Waals surface area (Å²) in [5.41, 5.74) is 1.63. The molecule has 2 aromatic rings. The molecule has 0 fully saturated rings. The lowest BCUT2D eigenvalue weighted by molar-refractivity contribution is -0.152. The number of Topliss-reactive ketones (excluding diaryl/α,β-unsaturated/α-hetero) is 1. The van der Waals surface area contributed by atoms with Gasteiger partial charge in [-0.1, -0.05) is 18.2 Å². The predicted molar refractivity (Wildman–Crippen MR) is 97.3 cm³/mol. The number of methoxy groups -OCH3 is 1. The summed E-state index contributed by atoms with van der Waals surface area (Å²) >= 11 is 0. The van der Waals surface area contributed by atoms with Crippen molar-refractivity contribution in [1.29, 1.82) is 0 Å². The number of ketones is 1. The fourth-order valence-corrected chi connectivity index (χ4v) is 2.35. The van der Waals surface area contributed by atoms with E-state index in [1.165, 1.54) is 21.0 Å². The Morgan fingerprint density at radius 3 is 2.38 bits per heavy atom. The lowest BCUT2D eigenvalue weighted by Crippen LogP contribution is -2.30. The van der Waals surface area contributed by atoms with Crippen LogP contribution in [0.15, 0.2) is 48.5 Å². The maximum atomic E-state index is 12.2. The molecule has 6 nitrogen and oxygen atoms in total. The highest BCUT2D eigenvalue weighted by molar-refractivity contribution is 5.96. The molecule has 0 aliphatic rings. The topological polar surface area (TPSA) is 81.7 Å². The van der Waals surface area contributed by atoms with Crippen molar-refractivity contribution in [1.82, 2.24) is 0 Å². The van der Waals surface area contributed by atoms with Crippen LogP contribution in [-0.4, -0.2) is 30.9 Å². The van der Waals surface area contributed by atoms with Gasteiger partial charge in [0.05, 0.1) is 13.5 Å². The van der Waals surface area contributed by atoms with Gasteiger partial charge in [-0.2, -0.15) is 0 Å². The van der Waals surface area contributed by atoms with Crippen LogP contribution in [-0.2, 0) is 20.7 Å². The molecule has 2 rings (SSSR count). The van der Waals surface area contributed by atoms with Crippen molar-refractivity contribution in [2.24, 2.45) is 0 Å². The molecule has 0 heterocycles. The maximum Gasteiger partial charge on any atom is 0.311 e. The molecule has 0 bridgehead atoms. The van der Waals surface area contributed by atoms with E-state index in [1.54, 1.807) is 42.5 Å². The minimum atomic E-state index is -0.954. The molecule has 0 aromatic heterocycles. The fraction of sp³-hybridized carbons (Fsp3) is 0.250. The molecule has 0 saturated heterocycles. The molecule has 136 valence electrons. The average Bonchev–Trinajstić information content (AvgIpc) is 2.62. The van der Waals surface area contributed by atoms with E-state index in [4.69, 9.17) is 9.47 Å². The molecular weight excluding hydrogens is 334 g/mol. The summed E-state index contributed by atoms with van der Waals surface area (Å²) in [6, 6.07) is 13.8. The third kappa shape index (κ3) is 5.17. The minimum absolute atomic E-state index is 0.104. The van der Waals surface area contributed by atoms with Crippen molar-refractivity contribution in [3.05, 3.63) is 59.7 Å². The van der Waals surface area contributed by atoms with Gasteiger partial charge in [0.2, 0.25) is 0 Å². The Balaban J connectivity index is 2.00. The van der Waals surface area contributed by atoms with Crippen molar-refractivity contribution in [2.45, 2.75) is 26.4 Å². The maximum absolute atomic E-state index is 12.2. The summed E-state index contributed by atoms with van der Waals surface area (Å²) in [5.74, 6) is -0.639. The monoisotopic (exact) mass is 355 g/mol. The summed E-state index contributed by atoms with van der Waals surface area (Å²) < 4.78 is 10.4. The van der Waals surface area contributed by atoms with Crippen LogP contribution in [0.25, 0.3) is 0 Å². The standard InChI is InChI=1S/C20H21NO5/c1-13(22)15-9-10-18(25-3)16(11-15)12-19(23)26-14(2)20(24)21-17-7-5-4-6-8-17/h4-11,14H,12H2,1-3H3,(H,21,24)/t14-/m1/s1. The first-order valence-electron chi connectivity index (χ1n) is 8.14. The first-order valence-corrected chi connectivity index (χ1v) is 8.14. The van der Waals surface area contributed by atoms with Crippen molar-refractivity contribution in [3.63, 3.8) is 0 Å². The molecule has 0 aliphatic carbocycles. The van der Waals surface area contributed by atoms with Crippen LogP contribution in [0.3, 0.4) is 0 Å². The molecule has 0 unspecified atom stereocenters. The van der Waals surface area contributed by atoms with E-state index < -0.39 is 18.0 Å². The molecule has 1 N–H and O–H groups in total. The summed E-state index contributed by atoms with van der Waals surface area (Å²) in [6.45, 7) is 2.94. The van der Waals surface area contributed by atoms with Crippen molar-refractivity contribution >= 4 is 23.3 Å². The highest BCUT2D eigenvalue weighted by Crippen LogP contribution is 2.21. The van der Waals surface area contributed by atoms with Crippen LogP contribution in [0.2, 0.25) is 0 Å². The van der Waals surface area contributed by atoms with Crippen LogP contribution in [0, 0.1) is 0 Å². The molecule has 1 amide bonds. The Morgan fingerprint density at radius 2 is 1.77 bits per heavy atom. The minimum Gasteiger partial charge on any atom is -0.496 e. The Kier molecular flexibility index (Phi) is 6.49. The quantitative estimate of drug-likeness (QED) is 0.610. The van der Waals surface area contributed by atoms with Crippen LogP contribution < -0.4 is 10.1 Å². The summed E-state index contributed by atoms with van der Waals surface area (Å²) in [7, 11) is 1.48. The van der Waals surface area contributed by atoms with E-state index in [1.807, 2.05) is 6.07 Å². The van der Waals surface area contributed by atoms with Crippen molar-refractivity contribution in [2.75, 3.05) is 12.4 Å². The Bertz CT molecular complexity index is 801. The smallest absolute Gasteiger partial charge is 0.311 e. The highest BCUT2D eigenvalue weighted by atomic mass is 16.5. The lowest BCUT2D eigenvalue weighted by atomic mass is 10.0. The lowest BCUT2D eigenvalue weighted by Gasteiger charge is -2.14. The number of benzene rings is 2. The normalized spacial score (nSPS) is 11.3. The molecule has 1 atom stereocenters. The largest absolute Gasteiger partial charge is 0.496 e. The van der Waals surface area contributed by atoms with Crippen LogP contribution >= 0.6 is 0 Å². The summed E-state index contributed by atoms with van der Waals surface area (Å²) in [6.07, 6.45) is -1.06. The van der Waals surface area contributed by atoms with Crippen LogP contribution in [0.1, 0.15) is 29.8 Å². The van der Waals surface area contributed by atoms with E-state index >= 15 is 0 Å². The summed E-state index contributed by atoms with van der Waals surface area (Å²) in [4.78, 5) is 35.8. The second-order valence-electron chi connectivity index (χ2n) is 5.75. The first kappa shape index (κ1) is 19.2. The van der Waals surface area contributed by atoms with E-state index in [-0.39, 0.29) is 12.2 Å². The van der Waals surface area contributed by atoms with Gasteiger partial charge >= 0.3 is 5.97 Å². The number of nitrogens with one attached hydrogen (secondary N) is 1. The summed E-state index contributed by atoms with van der Waals surface area (Å²) in [5, 5.41) is 2.67. The van der Waals surface area contributed by atoms with Gasteiger partial charge in [-0.3, -0.25) is 14.4 Å². The molecule has 2 aromatic carbocycles. The number of anilines is 1. The molecule has 0 spiro atoms. The number of esters is 1.